The lowest BCUT2D eigenvalue weighted by molar-refractivity contribution is 0.621. The first-order valence-corrected chi connectivity index (χ1v) is 6.77. The molecule has 0 heterocycles. The van der Waals surface area contributed by atoms with Crippen molar-refractivity contribution in [3.8, 4) is 0 Å². The number of thioether (sulfide) groups is 1. The zero-order valence-electron chi connectivity index (χ0n) is 9.38. The molecule has 0 saturated carbocycles. The third-order valence-corrected chi connectivity index (χ3v) is 3.66. The Morgan fingerprint density at radius 2 is 2.00 bits per heavy atom. The highest BCUT2D eigenvalue weighted by Crippen LogP contribution is 2.18. The average Bonchev–Trinajstić information content (AvgIpc) is 2.17. The molecule has 0 fully saturated rings. The standard InChI is InChI=1S/C12H24S/c1-4-6-7-8-9-10-11-12(5-2)13-3/h4,6,12H,5,7-11H2,1-3H3. The molecule has 0 amide bonds. The topological polar surface area (TPSA) is 0 Å². The molecule has 0 rings (SSSR count). The van der Waals surface area contributed by atoms with Crippen LogP contribution in [0.2, 0.25) is 0 Å². The molecular weight excluding hydrogens is 176 g/mol. The van der Waals surface area contributed by atoms with Gasteiger partial charge in [-0.15, -0.1) is 0 Å². The smallest absolute Gasteiger partial charge is 0.00416 e. The van der Waals surface area contributed by atoms with Gasteiger partial charge in [-0.25, -0.2) is 0 Å². The van der Waals surface area contributed by atoms with Crippen molar-refractivity contribution in [1.29, 1.82) is 0 Å². The summed E-state index contributed by atoms with van der Waals surface area (Å²) in [4.78, 5) is 0. The SMILES string of the molecule is CC=CCCCCCC(CC)SC. The summed E-state index contributed by atoms with van der Waals surface area (Å²) in [5.74, 6) is 0. The van der Waals surface area contributed by atoms with Crippen LogP contribution in [0, 0.1) is 0 Å². The molecule has 0 aliphatic carbocycles. The van der Waals surface area contributed by atoms with Crippen molar-refractivity contribution in [1.82, 2.24) is 0 Å². The van der Waals surface area contributed by atoms with E-state index < -0.39 is 0 Å². The normalized spacial score (nSPS) is 13.8. The first-order valence-electron chi connectivity index (χ1n) is 5.49. The van der Waals surface area contributed by atoms with Gasteiger partial charge in [0.2, 0.25) is 0 Å². The van der Waals surface area contributed by atoms with Gasteiger partial charge in [0.1, 0.15) is 0 Å². The highest BCUT2D eigenvalue weighted by atomic mass is 32.2. The molecule has 0 bridgehead atoms. The van der Waals surface area contributed by atoms with Gasteiger partial charge in [-0.1, -0.05) is 31.9 Å². The second-order valence-corrected chi connectivity index (χ2v) is 4.61. The maximum absolute atomic E-state index is 2.29. The van der Waals surface area contributed by atoms with Gasteiger partial charge in [-0.3, -0.25) is 0 Å². The third kappa shape index (κ3) is 8.42. The van der Waals surface area contributed by atoms with Crippen LogP contribution in [-0.4, -0.2) is 11.5 Å². The van der Waals surface area contributed by atoms with E-state index in [9.17, 15) is 0 Å². The fourth-order valence-electron chi connectivity index (χ4n) is 1.47. The molecule has 0 aromatic heterocycles. The van der Waals surface area contributed by atoms with E-state index in [1.807, 2.05) is 11.8 Å². The van der Waals surface area contributed by atoms with Crippen molar-refractivity contribution in [3.63, 3.8) is 0 Å². The Hall–Kier alpha value is 0.0900. The van der Waals surface area contributed by atoms with Crippen LogP contribution in [0.4, 0.5) is 0 Å². The zero-order chi connectivity index (χ0) is 9.94. The molecule has 0 aliphatic rings. The van der Waals surface area contributed by atoms with Crippen molar-refractivity contribution in [2.75, 3.05) is 6.26 Å². The van der Waals surface area contributed by atoms with Crippen LogP contribution in [0.25, 0.3) is 0 Å². The summed E-state index contributed by atoms with van der Waals surface area (Å²) in [7, 11) is 0. The molecular formula is C12H24S. The first kappa shape index (κ1) is 13.1. The Morgan fingerprint density at radius 1 is 1.23 bits per heavy atom. The summed E-state index contributed by atoms with van der Waals surface area (Å²) in [6, 6.07) is 0. The molecule has 0 nitrogen and oxygen atoms in total. The van der Waals surface area contributed by atoms with Crippen LogP contribution < -0.4 is 0 Å². The maximum Gasteiger partial charge on any atom is 0.00416 e. The second-order valence-electron chi connectivity index (χ2n) is 3.47. The van der Waals surface area contributed by atoms with E-state index >= 15 is 0 Å². The van der Waals surface area contributed by atoms with Crippen LogP contribution in [0.1, 0.15) is 52.4 Å². The van der Waals surface area contributed by atoms with E-state index in [0.717, 1.165) is 5.25 Å². The van der Waals surface area contributed by atoms with Crippen LogP contribution in [0.5, 0.6) is 0 Å². The number of unbranched alkanes of at least 4 members (excludes halogenated alkanes) is 3. The first-order chi connectivity index (χ1) is 6.35. The van der Waals surface area contributed by atoms with E-state index in [1.54, 1.807) is 0 Å². The largest absolute Gasteiger partial charge is 0.162 e. The van der Waals surface area contributed by atoms with Gasteiger partial charge in [0, 0.05) is 5.25 Å². The van der Waals surface area contributed by atoms with E-state index in [4.69, 9.17) is 0 Å². The van der Waals surface area contributed by atoms with E-state index in [-0.39, 0.29) is 0 Å². The van der Waals surface area contributed by atoms with Gasteiger partial charge in [0.15, 0.2) is 0 Å². The van der Waals surface area contributed by atoms with Crippen LogP contribution >= 0.6 is 11.8 Å². The number of hydrogen-bond acceptors (Lipinski definition) is 1. The maximum atomic E-state index is 2.29. The molecule has 0 spiro atoms. The van der Waals surface area contributed by atoms with Crippen molar-refractivity contribution in [2.24, 2.45) is 0 Å². The Bertz CT molecular complexity index is 114. The summed E-state index contributed by atoms with van der Waals surface area (Å²) in [5.41, 5.74) is 0. The monoisotopic (exact) mass is 200 g/mol. The minimum atomic E-state index is 0.904. The molecule has 0 aromatic rings. The van der Waals surface area contributed by atoms with Gasteiger partial charge in [0.05, 0.1) is 0 Å². The lowest BCUT2D eigenvalue weighted by atomic mass is 10.1. The predicted molar refractivity (Wildman–Crippen MR) is 65.5 cm³/mol. The molecule has 78 valence electrons. The fraction of sp³-hybridized carbons (Fsp3) is 0.833. The van der Waals surface area contributed by atoms with Crippen molar-refractivity contribution >= 4 is 11.8 Å². The summed E-state index contributed by atoms with van der Waals surface area (Å²) in [6.07, 6.45) is 14.8. The highest BCUT2D eigenvalue weighted by molar-refractivity contribution is 7.99. The average molecular weight is 200 g/mol. The molecule has 0 radical (unpaired) electrons. The summed E-state index contributed by atoms with van der Waals surface area (Å²) in [6.45, 7) is 4.39. The van der Waals surface area contributed by atoms with E-state index in [1.165, 1.54) is 38.5 Å². The van der Waals surface area contributed by atoms with Gasteiger partial charge >= 0.3 is 0 Å². The Balaban J connectivity index is 3.14. The minimum absolute atomic E-state index is 0.904. The number of hydrogen-bond donors (Lipinski definition) is 0. The Labute approximate surface area is 88.2 Å². The molecule has 0 saturated heterocycles. The molecule has 0 aromatic carbocycles. The summed E-state index contributed by atoms with van der Waals surface area (Å²) < 4.78 is 0. The lowest BCUT2D eigenvalue weighted by Crippen LogP contribution is -1.98. The minimum Gasteiger partial charge on any atom is -0.162 e. The molecule has 0 aliphatic heterocycles. The lowest BCUT2D eigenvalue weighted by Gasteiger charge is -2.10. The van der Waals surface area contributed by atoms with Crippen LogP contribution in [0.15, 0.2) is 12.2 Å². The van der Waals surface area contributed by atoms with E-state index in [2.05, 4.69) is 32.3 Å². The number of allylic oxidation sites excluding steroid dienone is 2. The highest BCUT2D eigenvalue weighted by Gasteiger charge is 2.02. The van der Waals surface area contributed by atoms with Gasteiger partial charge in [-0.05, 0) is 38.9 Å². The van der Waals surface area contributed by atoms with Gasteiger partial charge < -0.3 is 0 Å². The van der Waals surface area contributed by atoms with Crippen molar-refractivity contribution in [2.45, 2.75) is 57.6 Å². The summed E-state index contributed by atoms with van der Waals surface area (Å²) >= 11 is 2.02. The summed E-state index contributed by atoms with van der Waals surface area (Å²) in [5, 5.41) is 0.904. The molecule has 1 unspecified atom stereocenters. The van der Waals surface area contributed by atoms with Gasteiger partial charge in [-0.2, -0.15) is 11.8 Å². The predicted octanol–water partition coefficient (Wildman–Crippen LogP) is 4.65. The molecule has 13 heavy (non-hydrogen) atoms. The third-order valence-electron chi connectivity index (χ3n) is 2.42. The number of rotatable bonds is 8. The van der Waals surface area contributed by atoms with Crippen LogP contribution in [0.3, 0.4) is 0 Å². The van der Waals surface area contributed by atoms with Gasteiger partial charge in [0.25, 0.3) is 0 Å². The Kier molecular flexibility index (Phi) is 10.2. The molecule has 1 atom stereocenters. The van der Waals surface area contributed by atoms with Crippen molar-refractivity contribution < 1.29 is 0 Å². The second kappa shape index (κ2) is 10.2. The molecule has 1 heteroatoms. The van der Waals surface area contributed by atoms with Crippen molar-refractivity contribution in [3.05, 3.63) is 12.2 Å². The molecule has 0 N–H and O–H groups in total. The quantitative estimate of drug-likeness (QED) is 0.406. The zero-order valence-corrected chi connectivity index (χ0v) is 10.2. The van der Waals surface area contributed by atoms with E-state index in [0.29, 0.717) is 0 Å². The van der Waals surface area contributed by atoms with Crippen LogP contribution in [-0.2, 0) is 0 Å². The fourth-order valence-corrected chi connectivity index (χ4v) is 2.20. The Morgan fingerprint density at radius 3 is 2.54 bits per heavy atom.